The topological polar surface area (TPSA) is 3.24 Å². The van der Waals surface area contributed by atoms with Crippen LogP contribution < -0.4 is 4.90 Å². The fourth-order valence-corrected chi connectivity index (χ4v) is 3.07. The highest BCUT2D eigenvalue weighted by Gasteiger charge is 2.35. The second-order valence-electron chi connectivity index (χ2n) is 5.51. The van der Waals surface area contributed by atoms with Crippen LogP contribution in [-0.4, -0.2) is 13.6 Å². The van der Waals surface area contributed by atoms with E-state index in [2.05, 4.69) is 0 Å². The van der Waals surface area contributed by atoms with Crippen molar-refractivity contribution in [3.63, 3.8) is 0 Å². The minimum atomic E-state index is -4.35. The summed E-state index contributed by atoms with van der Waals surface area (Å²) in [4.78, 5) is 1.73. The standard InChI is InChI=1S/C15H19ClF3N/c1-20(10-11-4-2-3-5-11)14-7-6-12(9-16)8-13(14)15(17,18)19/h6-8,11H,2-5,9-10H2,1H3. The first-order chi connectivity index (χ1) is 9.41. The molecule has 0 amide bonds. The lowest BCUT2D eigenvalue weighted by atomic mass is 10.0. The molecule has 0 N–H and O–H groups in total. The molecule has 0 unspecified atom stereocenters. The van der Waals surface area contributed by atoms with Crippen molar-refractivity contribution in [3.8, 4) is 0 Å². The summed E-state index contributed by atoms with van der Waals surface area (Å²) in [6.07, 6.45) is 0.268. The molecule has 20 heavy (non-hydrogen) atoms. The van der Waals surface area contributed by atoms with Crippen LogP contribution >= 0.6 is 11.6 Å². The number of anilines is 1. The van der Waals surface area contributed by atoms with Crippen LogP contribution in [0, 0.1) is 5.92 Å². The third-order valence-electron chi connectivity index (χ3n) is 3.94. The van der Waals surface area contributed by atoms with Gasteiger partial charge in [-0.25, -0.2) is 0 Å². The molecule has 1 fully saturated rings. The van der Waals surface area contributed by atoms with Gasteiger partial charge in [0.1, 0.15) is 0 Å². The Morgan fingerprint density at radius 3 is 2.45 bits per heavy atom. The molecule has 0 spiro atoms. The van der Waals surface area contributed by atoms with E-state index < -0.39 is 11.7 Å². The van der Waals surface area contributed by atoms with Gasteiger partial charge < -0.3 is 4.90 Å². The Bertz CT molecular complexity index is 453. The van der Waals surface area contributed by atoms with E-state index in [1.54, 1.807) is 18.0 Å². The summed E-state index contributed by atoms with van der Waals surface area (Å²) < 4.78 is 39.5. The highest BCUT2D eigenvalue weighted by molar-refractivity contribution is 6.17. The van der Waals surface area contributed by atoms with Gasteiger partial charge in [-0.2, -0.15) is 13.2 Å². The molecule has 1 nitrogen and oxygen atoms in total. The van der Waals surface area contributed by atoms with Crippen LogP contribution in [0.2, 0.25) is 0 Å². The summed E-state index contributed by atoms with van der Waals surface area (Å²) in [5.74, 6) is 0.601. The molecule has 0 heterocycles. The molecule has 0 aromatic heterocycles. The SMILES string of the molecule is CN(CC1CCCC1)c1ccc(CCl)cc1C(F)(F)F. The molecule has 1 saturated carbocycles. The van der Waals surface area contributed by atoms with E-state index in [9.17, 15) is 13.2 Å². The quantitative estimate of drug-likeness (QED) is 0.702. The number of hydrogen-bond donors (Lipinski definition) is 0. The molecule has 1 aromatic carbocycles. The fourth-order valence-electron chi connectivity index (χ4n) is 2.90. The maximum absolute atomic E-state index is 13.2. The highest BCUT2D eigenvalue weighted by Crippen LogP contribution is 2.38. The largest absolute Gasteiger partial charge is 0.418 e. The molecule has 0 bridgehead atoms. The summed E-state index contributed by atoms with van der Waals surface area (Å²) in [7, 11) is 1.74. The Hall–Kier alpha value is -0.900. The first kappa shape index (κ1) is 15.5. The van der Waals surface area contributed by atoms with Gasteiger partial charge in [0.05, 0.1) is 5.56 Å². The first-order valence-corrected chi connectivity index (χ1v) is 7.42. The predicted octanol–water partition coefficient (Wildman–Crippen LogP) is 5.07. The van der Waals surface area contributed by atoms with Crippen molar-refractivity contribution in [1.29, 1.82) is 0 Å². The van der Waals surface area contributed by atoms with Crippen molar-refractivity contribution in [2.75, 3.05) is 18.5 Å². The average Bonchev–Trinajstić information content (AvgIpc) is 2.89. The molecular weight excluding hydrogens is 287 g/mol. The molecule has 5 heteroatoms. The summed E-state index contributed by atoms with van der Waals surface area (Å²) >= 11 is 5.64. The van der Waals surface area contributed by atoms with E-state index in [4.69, 9.17) is 11.6 Å². The average molecular weight is 306 g/mol. The summed E-state index contributed by atoms with van der Waals surface area (Å²) in [6, 6.07) is 4.37. The number of halogens is 4. The lowest BCUT2D eigenvalue weighted by Gasteiger charge is -2.26. The highest BCUT2D eigenvalue weighted by atomic mass is 35.5. The lowest BCUT2D eigenvalue weighted by Crippen LogP contribution is -2.26. The van der Waals surface area contributed by atoms with Crippen LogP contribution in [0.25, 0.3) is 0 Å². The van der Waals surface area contributed by atoms with Crippen molar-refractivity contribution in [1.82, 2.24) is 0 Å². The zero-order chi connectivity index (χ0) is 14.8. The monoisotopic (exact) mass is 305 g/mol. The minimum absolute atomic E-state index is 0.0930. The van der Waals surface area contributed by atoms with Crippen LogP contribution in [0.15, 0.2) is 18.2 Å². The van der Waals surface area contributed by atoms with Crippen LogP contribution in [0.5, 0.6) is 0 Å². The van der Waals surface area contributed by atoms with Gasteiger partial charge in [0, 0.05) is 25.2 Å². The molecule has 0 aliphatic heterocycles. The zero-order valence-electron chi connectivity index (χ0n) is 11.5. The normalized spacial score (nSPS) is 16.6. The van der Waals surface area contributed by atoms with Gasteiger partial charge in [-0.3, -0.25) is 0 Å². The van der Waals surface area contributed by atoms with E-state index in [0.717, 1.165) is 18.9 Å². The zero-order valence-corrected chi connectivity index (χ0v) is 12.3. The van der Waals surface area contributed by atoms with Crippen molar-refractivity contribution >= 4 is 17.3 Å². The molecule has 0 radical (unpaired) electrons. The van der Waals surface area contributed by atoms with Gasteiger partial charge in [-0.05, 0) is 36.5 Å². The number of rotatable bonds is 4. The number of nitrogens with zero attached hydrogens (tertiary/aromatic N) is 1. The van der Waals surface area contributed by atoms with Gasteiger partial charge in [-0.15, -0.1) is 11.6 Å². The Kier molecular flexibility index (Phi) is 4.84. The molecule has 1 aliphatic rings. The smallest absolute Gasteiger partial charge is 0.374 e. The maximum atomic E-state index is 13.2. The Balaban J connectivity index is 2.24. The third-order valence-corrected chi connectivity index (χ3v) is 4.25. The third kappa shape index (κ3) is 3.60. The van der Waals surface area contributed by atoms with Gasteiger partial charge in [0.2, 0.25) is 0 Å². The Morgan fingerprint density at radius 1 is 1.25 bits per heavy atom. The molecular formula is C15H19ClF3N. The van der Waals surface area contributed by atoms with Gasteiger partial charge in [0.25, 0.3) is 0 Å². The molecule has 0 atom stereocenters. The second kappa shape index (κ2) is 6.25. The van der Waals surface area contributed by atoms with E-state index >= 15 is 0 Å². The Labute approximate surface area is 122 Å². The van der Waals surface area contributed by atoms with Gasteiger partial charge in [0.15, 0.2) is 0 Å². The van der Waals surface area contributed by atoms with E-state index in [1.807, 2.05) is 0 Å². The van der Waals surface area contributed by atoms with Crippen molar-refractivity contribution in [2.45, 2.75) is 37.7 Å². The predicted molar refractivity (Wildman–Crippen MR) is 76.2 cm³/mol. The number of alkyl halides is 4. The van der Waals surface area contributed by atoms with Crippen LogP contribution in [0.3, 0.4) is 0 Å². The Morgan fingerprint density at radius 2 is 1.90 bits per heavy atom. The lowest BCUT2D eigenvalue weighted by molar-refractivity contribution is -0.137. The summed E-state index contributed by atoms with van der Waals surface area (Å²) in [5.41, 5.74) is 0.159. The molecule has 1 aliphatic carbocycles. The molecule has 2 rings (SSSR count). The molecule has 1 aromatic rings. The van der Waals surface area contributed by atoms with E-state index in [1.165, 1.54) is 18.9 Å². The van der Waals surface area contributed by atoms with Gasteiger partial charge in [-0.1, -0.05) is 18.9 Å². The van der Waals surface area contributed by atoms with Crippen molar-refractivity contribution in [3.05, 3.63) is 29.3 Å². The van der Waals surface area contributed by atoms with Crippen LogP contribution in [0.4, 0.5) is 18.9 Å². The van der Waals surface area contributed by atoms with Crippen molar-refractivity contribution in [2.24, 2.45) is 5.92 Å². The number of benzene rings is 1. The first-order valence-electron chi connectivity index (χ1n) is 6.89. The molecule has 0 saturated heterocycles. The minimum Gasteiger partial charge on any atom is -0.374 e. The summed E-state index contributed by atoms with van der Waals surface area (Å²) in [5, 5.41) is 0. The maximum Gasteiger partial charge on any atom is 0.418 e. The van der Waals surface area contributed by atoms with E-state index in [0.29, 0.717) is 18.0 Å². The van der Waals surface area contributed by atoms with Crippen molar-refractivity contribution < 1.29 is 13.2 Å². The molecule has 112 valence electrons. The van der Waals surface area contributed by atoms with Crippen LogP contribution in [0.1, 0.15) is 36.8 Å². The second-order valence-corrected chi connectivity index (χ2v) is 5.78. The number of hydrogen-bond acceptors (Lipinski definition) is 1. The fraction of sp³-hybridized carbons (Fsp3) is 0.600. The van der Waals surface area contributed by atoms with Gasteiger partial charge >= 0.3 is 6.18 Å². The summed E-state index contributed by atoms with van der Waals surface area (Å²) in [6.45, 7) is 0.684. The van der Waals surface area contributed by atoms with E-state index in [-0.39, 0.29) is 11.6 Å². The van der Waals surface area contributed by atoms with Crippen LogP contribution in [-0.2, 0) is 12.1 Å².